The molecule has 2 aromatic heterocycles. The van der Waals surface area contributed by atoms with E-state index in [1.807, 2.05) is 4.57 Å². The average molecular weight is 440 g/mol. The number of aromatic nitrogens is 3. The van der Waals surface area contributed by atoms with E-state index in [9.17, 15) is 9.18 Å². The summed E-state index contributed by atoms with van der Waals surface area (Å²) in [6, 6.07) is 5.03. The molecule has 0 saturated carbocycles. The number of hydrogen-bond donors (Lipinski definition) is 1. The fourth-order valence-corrected chi connectivity index (χ4v) is 3.99. The lowest BCUT2D eigenvalue weighted by atomic mass is 10.1. The number of rotatable bonds is 10. The summed E-state index contributed by atoms with van der Waals surface area (Å²) >= 11 is 0. The van der Waals surface area contributed by atoms with Gasteiger partial charge in [-0.3, -0.25) is 14.3 Å². The van der Waals surface area contributed by atoms with Crippen molar-refractivity contribution in [2.75, 3.05) is 13.1 Å². The number of carbonyl (C=O) groups excluding carboxylic acids is 1. The van der Waals surface area contributed by atoms with E-state index >= 15 is 0 Å². The van der Waals surface area contributed by atoms with Crippen molar-refractivity contribution in [3.63, 3.8) is 0 Å². The summed E-state index contributed by atoms with van der Waals surface area (Å²) < 4.78 is 21.0. The summed E-state index contributed by atoms with van der Waals surface area (Å²) in [4.78, 5) is 24.0. The van der Waals surface area contributed by atoms with E-state index in [1.165, 1.54) is 0 Å². The maximum absolute atomic E-state index is 13.1. The van der Waals surface area contributed by atoms with Crippen LogP contribution in [0.3, 0.4) is 0 Å². The van der Waals surface area contributed by atoms with Gasteiger partial charge >= 0.3 is 0 Å². The molecule has 1 aliphatic heterocycles. The molecule has 0 bridgehead atoms. The van der Waals surface area contributed by atoms with Gasteiger partial charge in [-0.25, -0.2) is 14.4 Å². The molecule has 3 aromatic rings. The van der Waals surface area contributed by atoms with Crippen molar-refractivity contribution >= 4 is 5.91 Å². The Hall–Kier alpha value is -3.00. The van der Waals surface area contributed by atoms with E-state index in [0.29, 0.717) is 34.9 Å². The molecule has 0 fully saturated rings. The first-order valence-corrected chi connectivity index (χ1v) is 11.4. The topological polar surface area (TPSA) is 76.2 Å². The Morgan fingerprint density at radius 1 is 1.19 bits per heavy atom. The summed E-state index contributed by atoms with van der Waals surface area (Å²) in [7, 11) is 0. The number of amides is 1. The first-order chi connectivity index (χ1) is 15.6. The highest BCUT2D eigenvalue weighted by Gasteiger charge is 2.25. The van der Waals surface area contributed by atoms with Crippen molar-refractivity contribution < 1.29 is 13.6 Å². The number of imidazole rings is 1. The third-order valence-electron chi connectivity index (χ3n) is 5.79. The first-order valence-electron chi connectivity index (χ1n) is 11.4. The molecule has 1 aromatic carbocycles. The lowest BCUT2D eigenvalue weighted by Gasteiger charge is -2.20. The Balaban J connectivity index is 1.60. The fourth-order valence-electron chi connectivity index (χ4n) is 3.99. The number of oxazole rings is 1. The number of carbonyl (C=O) groups is 1. The van der Waals surface area contributed by atoms with E-state index < -0.39 is 6.67 Å². The van der Waals surface area contributed by atoms with Crippen molar-refractivity contribution in [3.05, 3.63) is 53.3 Å². The van der Waals surface area contributed by atoms with Crippen LogP contribution in [0.25, 0.3) is 17.3 Å². The van der Waals surface area contributed by atoms with Crippen LogP contribution in [0.15, 0.2) is 35.1 Å². The second-order valence-corrected chi connectivity index (χ2v) is 8.19. The third-order valence-corrected chi connectivity index (χ3v) is 5.79. The van der Waals surface area contributed by atoms with Gasteiger partial charge in [-0.05, 0) is 43.6 Å². The Kier molecular flexibility index (Phi) is 6.99. The lowest BCUT2D eigenvalue weighted by Crippen LogP contribution is -2.25. The smallest absolute Gasteiger partial charge is 0.253 e. The summed E-state index contributed by atoms with van der Waals surface area (Å²) in [5.74, 6) is 1.01. The number of nitrogens with zero attached hydrogens (tertiary/aromatic N) is 4. The molecule has 170 valence electrons. The van der Waals surface area contributed by atoms with E-state index in [2.05, 4.69) is 34.0 Å². The number of benzene rings is 1. The summed E-state index contributed by atoms with van der Waals surface area (Å²) in [6.45, 7) is 6.86. The Morgan fingerprint density at radius 2 is 1.97 bits per heavy atom. The van der Waals surface area contributed by atoms with Crippen LogP contribution < -0.4 is 5.32 Å². The van der Waals surface area contributed by atoms with Gasteiger partial charge < -0.3 is 9.73 Å². The number of hydrogen-bond acceptors (Lipinski definition) is 5. The highest BCUT2D eigenvalue weighted by molar-refractivity contribution is 5.98. The van der Waals surface area contributed by atoms with Gasteiger partial charge in [-0.2, -0.15) is 0 Å². The largest absolute Gasteiger partial charge is 0.438 e. The Labute approximate surface area is 187 Å². The molecule has 0 aliphatic carbocycles. The van der Waals surface area contributed by atoms with E-state index in [4.69, 9.17) is 4.42 Å². The standard InChI is InChI=1S/C24H30FN5O2/c1-3-5-9-29(10-6-4-2)15-18-13-27-24(32-18)22-21-14-26-23(31)19-11-17(12-25)7-8-20(19)30(21)16-28-22/h7-8,11,13,16H,3-6,9-10,12,14-15H2,1-2H3,(H,26,31). The predicted octanol–water partition coefficient (Wildman–Crippen LogP) is 4.64. The highest BCUT2D eigenvalue weighted by atomic mass is 19.1. The van der Waals surface area contributed by atoms with Gasteiger partial charge in [0.2, 0.25) is 5.89 Å². The van der Waals surface area contributed by atoms with Gasteiger partial charge in [0.15, 0.2) is 0 Å². The predicted molar refractivity (Wildman–Crippen MR) is 120 cm³/mol. The third kappa shape index (κ3) is 4.60. The zero-order chi connectivity index (χ0) is 22.5. The van der Waals surface area contributed by atoms with Crippen LogP contribution >= 0.6 is 0 Å². The van der Waals surface area contributed by atoms with Crippen LogP contribution in [-0.2, 0) is 19.8 Å². The van der Waals surface area contributed by atoms with Crippen molar-refractivity contribution in [1.29, 1.82) is 0 Å². The van der Waals surface area contributed by atoms with Crippen molar-refractivity contribution in [3.8, 4) is 17.3 Å². The highest BCUT2D eigenvalue weighted by Crippen LogP contribution is 2.29. The minimum atomic E-state index is -0.616. The van der Waals surface area contributed by atoms with Crippen molar-refractivity contribution in [2.45, 2.75) is 59.3 Å². The van der Waals surface area contributed by atoms with E-state index in [-0.39, 0.29) is 12.5 Å². The molecule has 0 saturated heterocycles. The fraction of sp³-hybridized carbons (Fsp3) is 0.458. The van der Waals surface area contributed by atoms with Crippen LogP contribution in [0.2, 0.25) is 0 Å². The van der Waals surface area contributed by atoms with Crippen LogP contribution in [0.5, 0.6) is 0 Å². The first kappa shape index (κ1) is 22.2. The van der Waals surface area contributed by atoms with E-state index in [1.54, 1.807) is 30.7 Å². The molecule has 32 heavy (non-hydrogen) atoms. The second kappa shape index (κ2) is 10.1. The van der Waals surface area contributed by atoms with Gasteiger partial charge in [0.25, 0.3) is 5.91 Å². The minimum Gasteiger partial charge on any atom is -0.438 e. The number of nitrogens with one attached hydrogen (secondary N) is 1. The molecule has 7 nitrogen and oxygen atoms in total. The zero-order valence-corrected chi connectivity index (χ0v) is 18.7. The molecule has 4 rings (SSSR count). The molecule has 1 amide bonds. The maximum atomic E-state index is 13.1. The number of alkyl halides is 1. The zero-order valence-electron chi connectivity index (χ0n) is 18.7. The molecule has 1 N–H and O–H groups in total. The second-order valence-electron chi connectivity index (χ2n) is 8.19. The average Bonchev–Trinajstić information content (AvgIpc) is 3.42. The van der Waals surface area contributed by atoms with Crippen molar-refractivity contribution in [2.24, 2.45) is 0 Å². The van der Waals surface area contributed by atoms with Crippen LogP contribution in [0.4, 0.5) is 4.39 Å². The minimum absolute atomic E-state index is 0.236. The molecule has 8 heteroatoms. The molecule has 3 heterocycles. The van der Waals surface area contributed by atoms with Crippen LogP contribution in [0.1, 0.15) is 66.9 Å². The SMILES string of the molecule is CCCCN(CCCC)Cc1cnc(-c2ncn3c2CNC(=O)c2cc(CF)ccc2-3)o1. The Bertz CT molecular complexity index is 1070. The normalized spacial score (nSPS) is 13.1. The van der Waals surface area contributed by atoms with Gasteiger partial charge in [0.1, 0.15) is 24.5 Å². The Morgan fingerprint density at radius 3 is 2.69 bits per heavy atom. The number of fused-ring (bicyclic) bond motifs is 3. The van der Waals surface area contributed by atoms with Gasteiger partial charge in [-0.1, -0.05) is 32.8 Å². The summed E-state index contributed by atoms with van der Waals surface area (Å²) in [5, 5.41) is 2.89. The number of halogens is 1. The molecule has 0 radical (unpaired) electrons. The molecular formula is C24H30FN5O2. The summed E-state index contributed by atoms with van der Waals surface area (Å²) in [5.41, 5.74) is 2.96. The lowest BCUT2D eigenvalue weighted by molar-refractivity contribution is 0.0952. The molecular weight excluding hydrogens is 409 g/mol. The van der Waals surface area contributed by atoms with Gasteiger partial charge in [0.05, 0.1) is 36.2 Å². The number of unbranched alkanes of at least 4 members (excludes halogenated alkanes) is 2. The quantitative estimate of drug-likeness (QED) is 0.498. The molecule has 0 atom stereocenters. The molecule has 0 unspecified atom stereocenters. The molecule has 0 spiro atoms. The van der Waals surface area contributed by atoms with Crippen LogP contribution in [0, 0.1) is 0 Å². The van der Waals surface area contributed by atoms with Crippen molar-refractivity contribution in [1.82, 2.24) is 24.8 Å². The summed E-state index contributed by atoms with van der Waals surface area (Å²) in [6.07, 6.45) is 8.06. The van der Waals surface area contributed by atoms with Crippen LogP contribution in [-0.4, -0.2) is 38.4 Å². The molecule has 1 aliphatic rings. The van der Waals surface area contributed by atoms with E-state index in [0.717, 1.165) is 50.2 Å². The van der Waals surface area contributed by atoms with Gasteiger partial charge in [0, 0.05) is 0 Å². The maximum Gasteiger partial charge on any atom is 0.253 e. The monoisotopic (exact) mass is 439 g/mol. The van der Waals surface area contributed by atoms with Gasteiger partial charge in [-0.15, -0.1) is 0 Å².